The van der Waals surface area contributed by atoms with Crippen molar-refractivity contribution in [3.05, 3.63) is 52.0 Å². The quantitative estimate of drug-likeness (QED) is 0.651. The van der Waals surface area contributed by atoms with Crippen molar-refractivity contribution in [1.29, 1.82) is 5.26 Å². The van der Waals surface area contributed by atoms with Crippen LogP contribution in [0.15, 0.2) is 34.1 Å². The molecule has 1 saturated heterocycles. The SMILES string of the molecule is Cc1nnc(C(=O)N2CCC[C@H](C(=O)NCc3nc(-c4ccc(C#N)cc4)cs3)C2)o1. The molecule has 0 saturated carbocycles. The number of amides is 2. The number of benzene rings is 1. The van der Waals surface area contributed by atoms with Crippen LogP contribution >= 0.6 is 11.3 Å². The van der Waals surface area contributed by atoms with E-state index in [0.717, 1.165) is 22.7 Å². The normalized spacial score (nSPS) is 16.0. The maximum Gasteiger partial charge on any atom is 0.311 e. The minimum absolute atomic E-state index is 0.0447. The molecule has 1 aliphatic heterocycles. The van der Waals surface area contributed by atoms with E-state index in [0.29, 0.717) is 37.5 Å². The molecule has 2 aromatic heterocycles. The van der Waals surface area contributed by atoms with E-state index >= 15 is 0 Å². The van der Waals surface area contributed by atoms with Gasteiger partial charge in [0.15, 0.2) is 0 Å². The molecule has 2 amide bonds. The first-order valence-corrected chi connectivity index (χ1v) is 10.7. The smallest absolute Gasteiger partial charge is 0.311 e. The third kappa shape index (κ3) is 4.78. The van der Waals surface area contributed by atoms with E-state index in [1.807, 2.05) is 17.5 Å². The van der Waals surface area contributed by atoms with Crippen LogP contribution in [0.5, 0.6) is 0 Å². The second-order valence-electron chi connectivity index (χ2n) is 7.25. The Morgan fingerprint density at radius 3 is 2.84 bits per heavy atom. The zero-order valence-electron chi connectivity index (χ0n) is 16.9. The Labute approximate surface area is 182 Å². The van der Waals surface area contributed by atoms with Gasteiger partial charge in [-0.15, -0.1) is 21.5 Å². The van der Waals surface area contributed by atoms with Crippen LogP contribution in [0.3, 0.4) is 0 Å². The van der Waals surface area contributed by atoms with Crippen LogP contribution < -0.4 is 5.32 Å². The summed E-state index contributed by atoms with van der Waals surface area (Å²) < 4.78 is 5.21. The molecule has 158 valence electrons. The molecule has 0 aliphatic carbocycles. The highest BCUT2D eigenvalue weighted by Gasteiger charge is 2.31. The molecule has 1 N–H and O–H groups in total. The van der Waals surface area contributed by atoms with Gasteiger partial charge in [-0.2, -0.15) is 5.26 Å². The number of carbonyl (C=O) groups is 2. The van der Waals surface area contributed by atoms with Crippen molar-refractivity contribution in [2.45, 2.75) is 26.3 Å². The fourth-order valence-electron chi connectivity index (χ4n) is 3.44. The minimum atomic E-state index is -0.343. The highest BCUT2D eigenvalue weighted by atomic mass is 32.1. The third-order valence-electron chi connectivity index (χ3n) is 5.06. The Bertz CT molecular complexity index is 1130. The minimum Gasteiger partial charge on any atom is -0.417 e. The van der Waals surface area contributed by atoms with Gasteiger partial charge in [-0.3, -0.25) is 9.59 Å². The molecule has 0 spiro atoms. The molecular formula is C21H20N6O3S. The van der Waals surface area contributed by atoms with Crippen molar-refractivity contribution in [2.24, 2.45) is 5.92 Å². The number of hydrogen-bond acceptors (Lipinski definition) is 8. The fourth-order valence-corrected chi connectivity index (χ4v) is 4.18. The molecule has 1 aliphatic rings. The van der Waals surface area contributed by atoms with Gasteiger partial charge in [0.05, 0.1) is 29.8 Å². The van der Waals surface area contributed by atoms with Gasteiger partial charge in [0, 0.05) is 31.0 Å². The summed E-state index contributed by atoms with van der Waals surface area (Å²) in [6.45, 7) is 2.83. The lowest BCUT2D eigenvalue weighted by molar-refractivity contribution is -0.126. The molecule has 4 rings (SSSR count). The van der Waals surface area contributed by atoms with Gasteiger partial charge in [-0.1, -0.05) is 12.1 Å². The van der Waals surface area contributed by atoms with E-state index in [4.69, 9.17) is 9.68 Å². The highest BCUT2D eigenvalue weighted by Crippen LogP contribution is 2.23. The van der Waals surface area contributed by atoms with Gasteiger partial charge >= 0.3 is 11.8 Å². The van der Waals surface area contributed by atoms with E-state index in [9.17, 15) is 9.59 Å². The molecule has 1 fully saturated rings. The Balaban J connectivity index is 1.33. The van der Waals surface area contributed by atoms with Gasteiger partial charge in [-0.05, 0) is 25.0 Å². The number of thiazole rings is 1. The average molecular weight is 436 g/mol. The van der Waals surface area contributed by atoms with Crippen molar-refractivity contribution in [1.82, 2.24) is 25.4 Å². The Kier molecular flexibility index (Phi) is 6.04. The van der Waals surface area contributed by atoms with Gasteiger partial charge in [0.1, 0.15) is 5.01 Å². The summed E-state index contributed by atoms with van der Waals surface area (Å²) >= 11 is 1.47. The third-order valence-corrected chi connectivity index (χ3v) is 5.91. The van der Waals surface area contributed by atoms with Crippen molar-refractivity contribution in [3.63, 3.8) is 0 Å². The van der Waals surface area contributed by atoms with Crippen molar-refractivity contribution < 1.29 is 14.0 Å². The first kappa shape index (κ1) is 20.7. The number of likely N-dealkylation sites (tertiary alicyclic amines) is 1. The molecule has 3 aromatic rings. The predicted octanol–water partition coefficient (Wildman–Crippen LogP) is 2.54. The lowest BCUT2D eigenvalue weighted by Gasteiger charge is -2.31. The largest absolute Gasteiger partial charge is 0.417 e. The lowest BCUT2D eigenvalue weighted by atomic mass is 9.97. The summed E-state index contributed by atoms with van der Waals surface area (Å²) in [5.41, 5.74) is 2.33. The van der Waals surface area contributed by atoms with Gasteiger partial charge in [0.25, 0.3) is 0 Å². The summed E-state index contributed by atoms with van der Waals surface area (Å²) in [5.74, 6) is -0.450. The summed E-state index contributed by atoms with van der Waals surface area (Å²) in [6, 6.07) is 9.31. The van der Waals surface area contributed by atoms with Crippen molar-refractivity contribution in [3.8, 4) is 17.3 Å². The molecule has 3 heterocycles. The average Bonchev–Trinajstić information content (AvgIpc) is 3.46. The van der Waals surface area contributed by atoms with Crippen LogP contribution in [0, 0.1) is 24.2 Å². The number of nitrogens with zero attached hydrogens (tertiary/aromatic N) is 5. The number of nitriles is 1. The lowest BCUT2D eigenvalue weighted by Crippen LogP contribution is -2.45. The van der Waals surface area contributed by atoms with Gasteiger partial charge in [-0.25, -0.2) is 4.98 Å². The molecule has 0 radical (unpaired) electrons. The number of aromatic nitrogens is 3. The van der Waals surface area contributed by atoms with Crippen molar-refractivity contribution in [2.75, 3.05) is 13.1 Å². The number of aryl methyl sites for hydroxylation is 1. The van der Waals surface area contributed by atoms with E-state index in [1.54, 1.807) is 24.0 Å². The number of piperidine rings is 1. The first-order chi connectivity index (χ1) is 15.0. The number of carbonyl (C=O) groups excluding carboxylic acids is 2. The van der Waals surface area contributed by atoms with Crippen LogP contribution in [-0.2, 0) is 11.3 Å². The summed E-state index contributed by atoms with van der Waals surface area (Å²) in [6.07, 6.45) is 1.45. The standard InChI is InChI=1S/C21H20N6O3S/c1-13-25-26-20(30-13)21(29)27-8-2-3-16(11-27)19(28)23-10-18-24-17(12-31-18)15-6-4-14(9-22)5-7-15/h4-7,12,16H,2-3,8,10-11H2,1H3,(H,23,28)/t16-/m0/s1. The Morgan fingerprint density at radius 1 is 1.32 bits per heavy atom. The summed E-state index contributed by atoms with van der Waals surface area (Å²) in [7, 11) is 0. The Morgan fingerprint density at radius 2 is 2.13 bits per heavy atom. The van der Waals surface area contributed by atoms with Crippen molar-refractivity contribution >= 4 is 23.2 Å². The molecule has 31 heavy (non-hydrogen) atoms. The number of nitrogens with one attached hydrogen (secondary N) is 1. The molecule has 9 nitrogen and oxygen atoms in total. The predicted molar refractivity (Wildman–Crippen MR) is 112 cm³/mol. The molecule has 0 unspecified atom stereocenters. The second kappa shape index (κ2) is 9.06. The molecule has 10 heteroatoms. The van der Waals surface area contributed by atoms with E-state index in [1.165, 1.54) is 11.3 Å². The molecule has 1 aromatic carbocycles. The number of hydrogen-bond donors (Lipinski definition) is 1. The van der Waals surface area contributed by atoms with E-state index in [2.05, 4.69) is 26.6 Å². The van der Waals surface area contributed by atoms with Crippen LogP contribution in [0.25, 0.3) is 11.3 Å². The number of rotatable bonds is 5. The monoisotopic (exact) mass is 436 g/mol. The topological polar surface area (TPSA) is 125 Å². The van der Waals surface area contributed by atoms with Crippen LogP contribution in [0.1, 0.15) is 40.0 Å². The van der Waals surface area contributed by atoms with Crippen LogP contribution in [-0.4, -0.2) is 45.0 Å². The fraction of sp³-hybridized carbons (Fsp3) is 0.333. The zero-order chi connectivity index (χ0) is 21.8. The summed E-state index contributed by atoms with van der Waals surface area (Å²) in [5, 5.41) is 22.0. The Hall–Kier alpha value is -3.58. The van der Waals surface area contributed by atoms with E-state index in [-0.39, 0.29) is 23.6 Å². The van der Waals surface area contributed by atoms with Gasteiger partial charge < -0.3 is 14.6 Å². The van der Waals surface area contributed by atoms with Crippen LogP contribution in [0.2, 0.25) is 0 Å². The van der Waals surface area contributed by atoms with E-state index < -0.39 is 0 Å². The second-order valence-corrected chi connectivity index (χ2v) is 8.19. The highest BCUT2D eigenvalue weighted by molar-refractivity contribution is 7.09. The molecule has 0 bridgehead atoms. The molecular weight excluding hydrogens is 416 g/mol. The van der Waals surface area contributed by atoms with Crippen LogP contribution in [0.4, 0.5) is 0 Å². The maximum atomic E-state index is 12.7. The van der Waals surface area contributed by atoms with Gasteiger partial charge in [0.2, 0.25) is 11.8 Å². The zero-order valence-corrected chi connectivity index (χ0v) is 17.7. The summed E-state index contributed by atoms with van der Waals surface area (Å²) in [4.78, 5) is 31.3. The maximum absolute atomic E-state index is 12.7. The first-order valence-electron chi connectivity index (χ1n) is 9.85. The molecule has 1 atom stereocenters.